The third-order valence-electron chi connectivity index (χ3n) is 4.37. The molecule has 1 aliphatic carbocycles. The van der Waals surface area contributed by atoms with Crippen LogP contribution in [0.4, 0.5) is 0 Å². The van der Waals surface area contributed by atoms with Gasteiger partial charge in [0.1, 0.15) is 12.0 Å². The average molecular weight is 330 g/mol. The van der Waals surface area contributed by atoms with E-state index in [0.29, 0.717) is 5.75 Å². The molecule has 0 unspecified atom stereocenters. The van der Waals surface area contributed by atoms with Crippen molar-refractivity contribution in [3.05, 3.63) is 59.7 Å². The Labute approximate surface area is 136 Å². The second-order valence-electron chi connectivity index (χ2n) is 5.84. The van der Waals surface area contributed by atoms with Gasteiger partial charge in [-0.05, 0) is 36.8 Å². The lowest BCUT2D eigenvalue weighted by atomic mass is 10.1. The zero-order valence-electron chi connectivity index (χ0n) is 13.0. The first kappa shape index (κ1) is 15.7. The number of hydrogen-bond donors (Lipinski definition) is 0. The van der Waals surface area contributed by atoms with Crippen LogP contribution in [0.2, 0.25) is 0 Å². The van der Waals surface area contributed by atoms with Gasteiger partial charge in [-0.15, -0.1) is 0 Å². The predicted octanol–water partition coefficient (Wildman–Crippen LogP) is 2.76. The lowest BCUT2D eigenvalue weighted by Gasteiger charge is -2.05. The third-order valence-corrected chi connectivity index (χ3v) is 6.63. The molecule has 1 fully saturated rings. The summed E-state index contributed by atoms with van der Waals surface area (Å²) in [6, 6.07) is 14.0. The second kappa shape index (κ2) is 5.81. The van der Waals surface area contributed by atoms with Crippen molar-refractivity contribution in [2.75, 3.05) is 7.11 Å². The molecule has 0 radical (unpaired) electrons. The number of hydrogen-bond acceptors (Lipinski definition) is 4. The Bertz CT molecular complexity index is 807. The minimum absolute atomic E-state index is 0.274. The van der Waals surface area contributed by atoms with Crippen LogP contribution in [0.1, 0.15) is 17.0 Å². The third kappa shape index (κ3) is 2.77. The molecule has 3 atom stereocenters. The molecule has 1 saturated carbocycles. The molecule has 120 valence electrons. The first-order valence-corrected chi connectivity index (χ1v) is 8.93. The van der Waals surface area contributed by atoms with Crippen LogP contribution in [0.3, 0.4) is 0 Å². The number of rotatable bonds is 5. The summed E-state index contributed by atoms with van der Waals surface area (Å²) in [5, 5.41) is -0.684. The summed E-state index contributed by atoms with van der Waals surface area (Å²) in [5.74, 6) is -0.0746. The van der Waals surface area contributed by atoms with Crippen LogP contribution >= 0.6 is 0 Å². The van der Waals surface area contributed by atoms with E-state index in [-0.39, 0.29) is 10.8 Å². The molecule has 2 aromatic rings. The van der Waals surface area contributed by atoms with Crippen molar-refractivity contribution >= 4 is 16.1 Å². The molecule has 0 heterocycles. The van der Waals surface area contributed by atoms with E-state index in [1.165, 1.54) is 0 Å². The molecule has 1 aliphatic rings. The summed E-state index contributed by atoms with van der Waals surface area (Å²) in [6.45, 7) is 1.90. The molecule has 3 rings (SSSR count). The van der Waals surface area contributed by atoms with Crippen molar-refractivity contribution in [3.8, 4) is 5.75 Å². The van der Waals surface area contributed by atoms with Gasteiger partial charge in [0.2, 0.25) is 0 Å². The van der Waals surface area contributed by atoms with Gasteiger partial charge in [-0.3, -0.25) is 0 Å². The standard InChI is InChI=1S/C18H18O4S/c1-12-3-9-15(10-4-12)23(20,21)18-16(11-19)17(18)13-5-7-14(22-2)8-6-13/h3-11,16-18H,1-2H3/t16-,17+,18+/m0/s1. The molecule has 23 heavy (non-hydrogen) atoms. The summed E-state index contributed by atoms with van der Waals surface area (Å²) < 4.78 is 30.7. The normalized spacial score (nSPS) is 23.3. The van der Waals surface area contributed by atoms with Crippen LogP contribution in [0.15, 0.2) is 53.4 Å². The number of methoxy groups -OCH3 is 1. The maximum atomic E-state index is 12.8. The molecule has 0 spiro atoms. The molecule has 4 nitrogen and oxygen atoms in total. The molecule has 0 saturated heterocycles. The van der Waals surface area contributed by atoms with Crippen molar-refractivity contribution in [2.45, 2.75) is 23.0 Å². The van der Waals surface area contributed by atoms with Gasteiger partial charge in [0.15, 0.2) is 9.84 Å². The van der Waals surface area contributed by atoms with E-state index < -0.39 is 21.0 Å². The Kier molecular flexibility index (Phi) is 3.98. The molecule has 5 heteroatoms. The first-order valence-electron chi connectivity index (χ1n) is 7.39. The predicted molar refractivity (Wildman–Crippen MR) is 87.4 cm³/mol. The first-order chi connectivity index (χ1) is 11.0. The molecule has 0 amide bonds. The largest absolute Gasteiger partial charge is 0.497 e. The monoisotopic (exact) mass is 330 g/mol. The zero-order chi connectivity index (χ0) is 16.6. The maximum Gasteiger partial charge on any atom is 0.182 e. The maximum absolute atomic E-state index is 12.8. The Morgan fingerprint density at radius 2 is 1.61 bits per heavy atom. The average Bonchev–Trinajstić information content (AvgIpc) is 3.31. The molecule has 0 bridgehead atoms. The Morgan fingerprint density at radius 3 is 2.13 bits per heavy atom. The van der Waals surface area contributed by atoms with E-state index in [2.05, 4.69) is 0 Å². The lowest BCUT2D eigenvalue weighted by Crippen LogP contribution is -2.11. The minimum atomic E-state index is -3.52. The van der Waals surface area contributed by atoms with E-state index in [9.17, 15) is 13.2 Å². The molecule has 0 aliphatic heterocycles. The summed E-state index contributed by atoms with van der Waals surface area (Å²) in [7, 11) is -1.94. The van der Waals surface area contributed by atoms with Gasteiger partial charge in [0, 0.05) is 11.8 Å². The van der Waals surface area contributed by atoms with Crippen molar-refractivity contribution in [3.63, 3.8) is 0 Å². The number of benzene rings is 2. The molecular formula is C18H18O4S. The van der Waals surface area contributed by atoms with Gasteiger partial charge < -0.3 is 9.53 Å². The highest BCUT2D eigenvalue weighted by Crippen LogP contribution is 2.53. The van der Waals surface area contributed by atoms with Crippen LogP contribution < -0.4 is 4.74 Å². The smallest absolute Gasteiger partial charge is 0.182 e. The van der Waals surface area contributed by atoms with Crippen LogP contribution in [0, 0.1) is 12.8 Å². The second-order valence-corrected chi connectivity index (χ2v) is 7.94. The van der Waals surface area contributed by atoms with Gasteiger partial charge >= 0.3 is 0 Å². The molecular weight excluding hydrogens is 312 g/mol. The molecule has 2 aromatic carbocycles. The Hall–Kier alpha value is -2.14. The Morgan fingerprint density at radius 1 is 1.00 bits per heavy atom. The fourth-order valence-corrected chi connectivity index (χ4v) is 5.10. The fourth-order valence-electron chi connectivity index (χ4n) is 2.99. The van der Waals surface area contributed by atoms with Gasteiger partial charge in [0.25, 0.3) is 0 Å². The fraction of sp³-hybridized carbons (Fsp3) is 0.278. The number of carbonyl (C=O) groups is 1. The number of carbonyl (C=O) groups excluding carboxylic acids is 1. The summed E-state index contributed by atoms with van der Waals surface area (Å²) in [4.78, 5) is 11.6. The van der Waals surface area contributed by atoms with Crippen LogP contribution in [0.25, 0.3) is 0 Å². The highest BCUT2D eigenvalue weighted by Gasteiger charge is 2.59. The van der Waals surface area contributed by atoms with Crippen molar-refractivity contribution in [1.29, 1.82) is 0 Å². The van der Waals surface area contributed by atoms with Crippen LogP contribution in [-0.2, 0) is 14.6 Å². The van der Waals surface area contributed by atoms with Crippen LogP contribution in [-0.4, -0.2) is 27.1 Å². The highest BCUT2D eigenvalue weighted by molar-refractivity contribution is 7.92. The molecule has 0 aromatic heterocycles. The number of aldehydes is 1. The number of sulfone groups is 1. The quantitative estimate of drug-likeness (QED) is 0.791. The van der Waals surface area contributed by atoms with E-state index in [1.807, 2.05) is 19.1 Å². The van der Waals surface area contributed by atoms with Gasteiger partial charge in [-0.1, -0.05) is 29.8 Å². The topological polar surface area (TPSA) is 60.4 Å². The van der Waals surface area contributed by atoms with E-state index in [4.69, 9.17) is 4.74 Å². The molecule has 0 N–H and O–H groups in total. The number of aryl methyl sites for hydroxylation is 1. The summed E-state index contributed by atoms with van der Waals surface area (Å²) in [6.07, 6.45) is 0.755. The number of ether oxygens (including phenoxy) is 1. The summed E-state index contributed by atoms with van der Waals surface area (Å²) >= 11 is 0. The van der Waals surface area contributed by atoms with E-state index in [1.54, 1.807) is 43.5 Å². The van der Waals surface area contributed by atoms with E-state index in [0.717, 1.165) is 17.4 Å². The van der Waals surface area contributed by atoms with Gasteiger partial charge in [0.05, 0.1) is 17.3 Å². The Balaban J connectivity index is 1.92. The van der Waals surface area contributed by atoms with Gasteiger partial charge in [-0.25, -0.2) is 8.42 Å². The van der Waals surface area contributed by atoms with Crippen molar-refractivity contribution < 1.29 is 17.9 Å². The minimum Gasteiger partial charge on any atom is -0.497 e. The van der Waals surface area contributed by atoms with Crippen molar-refractivity contribution in [2.24, 2.45) is 5.92 Å². The summed E-state index contributed by atoms with van der Waals surface area (Å²) in [5.41, 5.74) is 1.85. The van der Waals surface area contributed by atoms with E-state index >= 15 is 0 Å². The zero-order valence-corrected chi connectivity index (χ0v) is 13.8. The highest BCUT2D eigenvalue weighted by atomic mass is 32.2. The van der Waals surface area contributed by atoms with Gasteiger partial charge in [-0.2, -0.15) is 0 Å². The van der Waals surface area contributed by atoms with Crippen molar-refractivity contribution in [1.82, 2.24) is 0 Å². The van der Waals surface area contributed by atoms with Crippen LogP contribution in [0.5, 0.6) is 5.75 Å². The lowest BCUT2D eigenvalue weighted by molar-refractivity contribution is -0.108. The SMILES string of the molecule is COc1ccc([C@@H]2[C@H](C=O)[C@H]2S(=O)(=O)c2ccc(C)cc2)cc1.